The molecule has 8 nitrogen and oxygen atoms in total. The Morgan fingerprint density at radius 1 is 0.914 bits per heavy atom. The van der Waals surface area contributed by atoms with Crippen molar-refractivity contribution in [2.45, 2.75) is 0 Å². The second-order valence-electron chi connectivity index (χ2n) is 6.86. The zero-order chi connectivity index (χ0) is 24.7. The van der Waals surface area contributed by atoms with Gasteiger partial charge in [0.2, 0.25) is 5.75 Å². The van der Waals surface area contributed by atoms with Crippen LogP contribution in [-0.2, 0) is 4.79 Å². The molecule has 180 valence electrons. The van der Waals surface area contributed by atoms with E-state index in [0.717, 1.165) is 10.4 Å². The first-order valence-electron chi connectivity index (χ1n) is 10.0. The predicted octanol–water partition coefficient (Wildman–Crippen LogP) is 4.16. The minimum atomic E-state index is -1.12. The van der Waals surface area contributed by atoms with Crippen LogP contribution in [0.2, 0.25) is 0 Å². The summed E-state index contributed by atoms with van der Waals surface area (Å²) in [6, 6.07) is 10.4. The predicted molar refractivity (Wildman–Crippen MR) is 136 cm³/mol. The maximum atomic E-state index is 13.0. The van der Waals surface area contributed by atoms with E-state index in [0.29, 0.717) is 34.1 Å². The minimum absolute atomic E-state index is 0. The van der Waals surface area contributed by atoms with Gasteiger partial charge >= 0.3 is 35.5 Å². The zero-order valence-corrected chi connectivity index (χ0v) is 19.9. The first-order valence-corrected chi connectivity index (χ1v) is 10.9. The van der Waals surface area contributed by atoms with Crippen LogP contribution in [0.15, 0.2) is 47.9 Å². The van der Waals surface area contributed by atoms with Crippen LogP contribution in [0.25, 0.3) is 16.5 Å². The summed E-state index contributed by atoms with van der Waals surface area (Å²) in [5.74, 6) is 0.443. The van der Waals surface area contributed by atoms with Crippen molar-refractivity contribution in [1.29, 1.82) is 0 Å². The summed E-state index contributed by atoms with van der Waals surface area (Å²) < 4.78 is 26.9. The van der Waals surface area contributed by atoms with Crippen LogP contribution in [0.4, 0.5) is 0 Å². The molecule has 0 aliphatic heterocycles. The van der Waals surface area contributed by atoms with Crippen LogP contribution in [0.1, 0.15) is 15.9 Å². The van der Waals surface area contributed by atoms with Crippen molar-refractivity contribution in [1.82, 2.24) is 0 Å². The Bertz CT molecular complexity index is 1180. The number of allylic oxidation sites excluding steroid dienone is 1. The van der Waals surface area contributed by atoms with Gasteiger partial charge in [-0.05, 0) is 41.8 Å². The molecule has 0 aliphatic rings. The first-order chi connectivity index (χ1) is 16.4. The summed E-state index contributed by atoms with van der Waals surface area (Å²) in [7, 11) is 5.94. The summed E-state index contributed by atoms with van der Waals surface area (Å²) in [5, 5.41) is 11.0. The molecule has 0 spiro atoms. The number of aliphatic carboxylic acids is 1. The van der Waals surface area contributed by atoms with Gasteiger partial charge in [-0.25, -0.2) is 4.79 Å². The van der Waals surface area contributed by atoms with E-state index < -0.39 is 12.6 Å². The number of ether oxygens (including phenoxy) is 5. The molecule has 0 fully saturated rings. The molecule has 3 rings (SSSR count). The molecule has 0 saturated heterocycles. The number of rotatable bonds is 11. The third-order valence-corrected chi connectivity index (χ3v) is 5.74. The average Bonchev–Trinajstić information content (AvgIpc) is 3.39. The molecule has 0 amide bonds. The van der Waals surface area contributed by atoms with Crippen LogP contribution >= 0.6 is 11.3 Å². The van der Waals surface area contributed by atoms with Gasteiger partial charge in [-0.2, -0.15) is 0 Å². The van der Waals surface area contributed by atoms with Crippen molar-refractivity contribution in [2.24, 2.45) is 0 Å². The molecule has 0 saturated carbocycles. The number of thiophene rings is 1. The van der Waals surface area contributed by atoms with Crippen molar-refractivity contribution in [3.05, 3.63) is 59.0 Å². The van der Waals surface area contributed by atoms with Gasteiger partial charge in [-0.15, -0.1) is 11.3 Å². The molecule has 0 atom stereocenters. The normalized spacial score (nSPS) is 10.4. The molecule has 2 aromatic carbocycles. The van der Waals surface area contributed by atoms with Gasteiger partial charge in [0.25, 0.3) is 0 Å². The molecule has 0 bridgehead atoms. The summed E-state index contributed by atoms with van der Waals surface area (Å²) >= 11 is 1.53. The second-order valence-corrected chi connectivity index (χ2v) is 7.81. The number of methoxy groups -OCH3 is 4. The second kappa shape index (κ2) is 13.2. The van der Waals surface area contributed by atoms with Crippen molar-refractivity contribution in [3.8, 4) is 39.2 Å². The Labute approximate surface area is 229 Å². The Kier molecular flexibility index (Phi) is 10.7. The van der Waals surface area contributed by atoms with E-state index in [1.807, 2.05) is 17.5 Å². The number of benzene rings is 2. The van der Waals surface area contributed by atoms with E-state index >= 15 is 0 Å². The molecule has 0 aliphatic carbocycles. The quantitative estimate of drug-likeness (QED) is 0.234. The van der Waals surface area contributed by atoms with Crippen molar-refractivity contribution in [3.63, 3.8) is 0 Å². The number of ketones is 1. The molecule has 1 N–H and O–H groups in total. The number of carboxylic acid groups (broad SMARTS) is 1. The molecule has 1 aromatic heterocycles. The topological polar surface area (TPSA) is 101 Å². The molecule has 35 heavy (non-hydrogen) atoms. The molecular weight excluding hydrogens is 483 g/mol. The van der Waals surface area contributed by atoms with Crippen molar-refractivity contribution in [2.75, 3.05) is 35.0 Å². The van der Waals surface area contributed by atoms with Crippen LogP contribution in [0, 0.1) is 0 Å². The van der Waals surface area contributed by atoms with E-state index in [1.54, 1.807) is 30.3 Å². The molecule has 10 heteroatoms. The summed E-state index contributed by atoms with van der Waals surface area (Å²) in [4.78, 5) is 25.0. The van der Waals surface area contributed by atoms with Gasteiger partial charge in [0.05, 0.1) is 28.4 Å². The van der Waals surface area contributed by atoms with E-state index in [1.165, 1.54) is 45.9 Å². The van der Waals surface area contributed by atoms with Gasteiger partial charge in [-0.1, -0.05) is 6.07 Å². The van der Waals surface area contributed by atoms with Gasteiger partial charge in [0.15, 0.2) is 23.9 Å². The van der Waals surface area contributed by atoms with E-state index in [4.69, 9.17) is 28.8 Å². The molecule has 3 aromatic rings. The van der Waals surface area contributed by atoms with E-state index in [2.05, 4.69) is 0 Å². The number of hydrogen-bond acceptors (Lipinski definition) is 8. The van der Waals surface area contributed by atoms with Gasteiger partial charge in [-0.3, -0.25) is 4.79 Å². The molecule has 1 heterocycles. The molecular formula is C25H25NaO8S. The summed E-state index contributed by atoms with van der Waals surface area (Å²) in [6.07, 6.45) is 2.94. The number of carboxylic acids is 1. The third-order valence-electron chi connectivity index (χ3n) is 4.83. The van der Waals surface area contributed by atoms with Crippen LogP contribution in [0.3, 0.4) is 0 Å². The summed E-state index contributed by atoms with van der Waals surface area (Å²) in [5.41, 5.74) is 1.64. The number of hydrogen-bond donors (Lipinski definition) is 1. The van der Waals surface area contributed by atoms with Crippen LogP contribution < -0.4 is 23.7 Å². The van der Waals surface area contributed by atoms with E-state index in [-0.39, 0.29) is 41.1 Å². The monoisotopic (exact) mass is 508 g/mol. The fraction of sp³-hybridized carbons (Fsp3) is 0.200. The van der Waals surface area contributed by atoms with Gasteiger partial charge < -0.3 is 28.8 Å². The molecule has 0 unspecified atom stereocenters. The maximum absolute atomic E-state index is 13.0. The fourth-order valence-corrected chi connectivity index (χ4v) is 4.00. The zero-order valence-electron chi connectivity index (χ0n) is 19.1. The van der Waals surface area contributed by atoms with Gasteiger partial charge in [0, 0.05) is 27.6 Å². The number of carbonyl (C=O) groups excluding carboxylic acids is 1. The van der Waals surface area contributed by atoms with Gasteiger partial charge in [0.1, 0.15) is 11.5 Å². The SMILES string of the molecule is COc1cc(OCC(=O)O)c(C=CC(=O)c2cc(OC)c(OC)c(OC)c2)cc1-c1cccs1.[NaH]. The average molecular weight is 509 g/mol. The Balaban J connectivity index is 0.00000432. The standard InChI is InChI=1S/C25H24O8S.Na.H/c1-29-20-13-19(33-14-24(27)28)15(10-17(20)23-6-5-9-34-23)7-8-18(26)16-11-21(30-2)25(32-4)22(12-16)31-3;;/h5-13H,14H2,1-4H3,(H,27,28);;. The van der Waals surface area contributed by atoms with E-state index in [9.17, 15) is 9.59 Å². The Hall–Kier alpha value is -2.98. The fourth-order valence-electron chi connectivity index (χ4n) is 3.25. The van der Waals surface area contributed by atoms with Crippen LogP contribution in [-0.4, -0.2) is 81.5 Å². The Morgan fingerprint density at radius 3 is 2.09 bits per heavy atom. The Morgan fingerprint density at radius 2 is 1.57 bits per heavy atom. The van der Waals surface area contributed by atoms with Crippen molar-refractivity contribution < 1.29 is 38.4 Å². The van der Waals surface area contributed by atoms with Crippen LogP contribution in [0.5, 0.6) is 28.7 Å². The number of carbonyl (C=O) groups is 2. The first kappa shape index (κ1) is 28.3. The third kappa shape index (κ3) is 6.79. The summed E-state index contributed by atoms with van der Waals surface area (Å²) in [6.45, 7) is -0.539. The molecule has 0 radical (unpaired) electrons. The van der Waals surface area contributed by atoms with Crippen molar-refractivity contribution >= 4 is 58.7 Å².